The Morgan fingerprint density at radius 3 is 2.23 bits per heavy atom. The van der Waals surface area contributed by atoms with E-state index in [1.54, 1.807) is 24.3 Å². The monoisotopic (exact) mass is 355 g/mol. The Hall–Kier alpha value is -1.91. The lowest BCUT2D eigenvalue weighted by Gasteiger charge is -2.25. The fourth-order valence-corrected chi connectivity index (χ4v) is 4.82. The van der Waals surface area contributed by atoms with E-state index in [4.69, 9.17) is 0 Å². The fourth-order valence-electron chi connectivity index (χ4n) is 4.82. The Balaban J connectivity index is 1.32. The zero-order chi connectivity index (χ0) is 18.1. The van der Waals surface area contributed by atoms with Crippen LogP contribution in [0.15, 0.2) is 54.6 Å². The van der Waals surface area contributed by atoms with Crippen molar-refractivity contribution in [2.24, 2.45) is 11.8 Å². The van der Waals surface area contributed by atoms with Gasteiger partial charge in [-0.3, -0.25) is 4.90 Å². The van der Waals surface area contributed by atoms with Crippen LogP contribution in [0.4, 0.5) is 4.39 Å². The number of halogens is 1. The van der Waals surface area contributed by atoms with Gasteiger partial charge in [-0.1, -0.05) is 42.5 Å². The SMILES string of the molecule is Oc1ccc([C@@H](O)CN2CC3CC(F)(Cc4ccccc4)C[C@H]3C2)cc1. The molecule has 138 valence electrons. The first-order valence-electron chi connectivity index (χ1n) is 9.43. The van der Waals surface area contributed by atoms with Crippen molar-refractivity contribution < 1.29 is 14.6 Å². The molecule has 0 radical (unpaired) electrons. The van der Waals surface area contributed by atoms with Gasteiger partial charge < -0.3 is 10.2 Å². The summed E-state index contributed by atoms with van der Waals surface area (Å²) in [4.78, 5) is 2.26. The first-order valence-corrected chi connectivity index (χ1v) is 9.43. The molecule has 1 saturated heterocycles. The number of aliphatic hydroxyl groups excluding tert-OH is 1. The molecule has 2 unspecified atom stereocenters. The van der Waals surface area contributed by atoms with Gasteiger partial charge in [0.05, 0.1) is 6.10 Å². The molecule has 2 aromatic carbocycles. The van der Waals surface area contributed by atoms with E-state index in [0.29, 0.717) is 37.6 Å². The molecule has 1 aliphatic carbocycles. The highest BCUT2D eigenvalue weighted by atomic mass is 19.1. The minimum Gasteiger partial charge on any atom is -0.508 e. The Morgan fingerprint density at radius 2 is 1.62 bits per heavy atom. The zero-order valence-electron chi connectivity index (χ0n) is 14.9. The van der Waals surface area contributed by atoms with Crippen LogP contribution in [0.25, 0.3) is 0 Å². The van der Waals surface area contributed by atoms with Gasteiger partial charge in [-0.05, 0) is 47.9 Å². The minimum absolute atomic E-state index is 0.203. The van der Waals surface area contributed by atoms with Crippen molar-refractivity contribution in [2.75, 3.05) is 19.6 Å². The number of likely N-dealkylation sites (tertiary alicyclic amines) is 1. The molecular weight excluding hydrogens is 329 g/mol. The van der Waals surface area contributed by atoms with E-state index in [0.717, 1.165) is 24.2 Å². The molecule has 4 atom stereocenters. The number of β-amino-alcohol motifs (C(OH)–C–C–N with tert-alkyl or cyclic N) is 1. The van der Waals surface area contributed by atoms with Crippen LogP contribution in [0.2, 0.25) is 0 Å². The lowest BCUT2D eigenvalue weighted by Crippen LogP contribution is -2.31. The van der Waals surface area contributed by atoms with Gasteiger partial charge in [0.2, 0.25) is 0 Å². The summed E-state index contributed by atoms with van der Waals surface area (Å²) in [6.07, 6.45) is 1.18. The van der Waals surface area contributed by atoms with Gasteiger partial charge in [0.1, 0.15) is 11.4 Å². The molecule has 26 heavy (non-hydrogen) atoms. The number of aromatic hydroxyl groups is 1. The summed E-state index contributed by atoms with van der Waals surface area (Å²) in [5.74, 6) is 0.973. The number of alkyl halides is 1. The minimum atomic E-state index is -1.08. The van der Waals surface area contributed by atoms with Crippen LogP contribution in [0.5, 0.6) is 5.75 Å². The molecular formula is C22H26FNO2. The Morgan fingerprint density at radius 1 is 1.00 bits per heavy atom. The predicted molar refractivity (Wildman–Crippen MR) is 99.7 cm³/mol. The molecule has 1 aliphatic heterocycles. The Labute approximate surface area is 154 Å². The van der Waals surface area contributed by atoms with Crippen molar-refractivity contribution in [2.45, 2.75) is 31.0 Å². The number of phenols is 1. The zero-order valence-corrected chi connectivity index (χ0v) is 14.9. The van der Waals surface area contributed by atoms with Crippen molar-refractivity contribution in [3.63, 3.8) is 0 Å². The molecule has 2 aliphatic rings. The van der Waals surface area contributed by atoms with Crippen molar-refractivity contribution in [1.82, 2.24) is 4.90 Å². The molecule has 1 heterocycles. The molecule has 2 fully saturated rings. The second-order valence-corrected chi connectivity index (χ2v) is 8.07. The fraction of sp³-hybridized carbons (Fsp3) is 0.455. The van der Waals surface area contributed by atoms with Crippen molar-refractivity contribution in [3.8, 4) is 5.75 Å². The van der Waals surface area contributed by atoms with Crippen LogP contribution in [0.3, 0.4) is 0 Å². The average molecular weight is 355 g/mol. The van der Waals surface area contributed by atoms with E-state index >= 15 is 4.39 Å². The van der Waals surface area contributed by atoms with Crippen LogP contribution in [0.1, 0.15) is 30.1 Å². The number of hydrogen-bond acceptors (Lipinski definition) is 3. The van der Waals surface area contributed by atoms with Crippen molar-refractivity contribution in [3.05, 3.63) is 65.7 Å². The molecule has 2 N–H and O–H groups in total. The molecule has 0 spiro atoms. The van der Waals surface area contributed by atoms with E-state index in [-0.39, 0.29) is 5.75 Å². The Kier molecular flexibility index (Phi) is 4.72. The van der Waals surface area contributed by atoms with Gasteiger partial charge >= 0.3 is 0 Å². The first-order chi connectivity index (χ1) is 12.5. The number of benzene rings is 2. The third-order valence-electron chi connectivity index (χ3n) is 5.98. The summed E-state index contributed by atoms with van der Waals surface area (Å²) in [5, 5.41) is 19.8. The third-order valence-corrected chi connectivity index (χ3v) is 5.98. The summed E-state index contributed by atoms with van der Waals surface area (Å²) in [5.41, 5.74) is 0.802. The quantitative estimate of drug-likeness (QED) is 0.859. The van der Waals surface area contributed by atoms with Gasteiger partial charge in [0.15, 0.2) is 0 Å². The average Bonchev–Trinajstić information content (AvgIpc) is 3.10. The lowest BCUT2D eigenvalue weighted by molar-refractivity contribution is 0.108. The van der Waals surface area contributed by atoms with Gasteiger partial charge in [-0.25, -0.2) is 4.39 Å². The van der Waals surface area contributed by atoms with Crippen LogP contribution < -0.4 is 0 Å². The highest BCUT2D eigenvalue weighted by molar-refractivity contribution is 5.27. The maximum Gasteiger partial charge on any atom is 0.115 e. The number of phenolic OH excluding ortho intramolecular Hbond substituents is 1. The molecule has 0 bridgehead atoms. The lowest BCUT2D eigenvalue weighted by atomic mass is 9.93. The van der Waals surface area contributed by atoms with E-state index in [2.05, 4.69) is 4.90 Å². The van der Waals surface area contributed by atoms with Crippen LogP contribution in [-0.2, 0) is 6.42 Å². The standard InChI is InChI=1S/C22H26FNO2/c23-22(10-16-4-2-1-3-5-16)11-18-13-24(14-19(18)12-22)15-21(26)17-6-8-20(25)9-7-17/h1-9,18-19,21,25-26H,10-15H2/t18-,19?,21-,22?/m0/s1. The summed E-state index contributed by atoms with van der Waals surface area (Å²) >= 11 is 0. The van der Waals surface area contributed by atoms with Gasteiger partial charge in [0, 0.05) is 26.1 Å². The van der Waals surface area contributed by atoms with E-state index < -0.39 is 11.8 Å². The normalized spacial score (nSPS) is 29.6. The van der Waals surface area contributed by atoms with Gasteiger partial charge in [0.25, 0.3) is 0 Å². The first kappa shape index (κ1) is 17.5. The highest BCUT2D eigenvalue weighted by Gasteiger charge is 2.49. The molecule has 1 saturated carbocycles. The molecule has 4 heteroatoms. The second-order valence-electron chi connectivity index (χ2n) is 8.07. The molecule has 4 rings (SSSR count). The number of rotatable bonds is 5. The van der Waals surface area contributed by atoms with Crippen molar-refractivity contribution in [1.29, 1.82) is 0 Å². The van der Waals surface area contributed by atoms with E-state index in [9.17, 15) is 10.2 Å². The number of nitrogens with zero attached hydrogens (tertiary/aromatic N) is 1. The van der Waals surface area contributed by atoms with Crippen molar-refractivity contribution >= 4 is 0 Å². The third kappa shape index (κ3) is 3.76. The second kappa shape index (κ2) is 7.01. The molecule has 0 aromatic heterocycles. The van der Waals surface area contributed by atoms with Gasteiger partial charge in [-0.15, -0.1) is 0 Å². The summed E-state index contributed by atoms with van der Waals surface area (Å²) in [7, 11) is 0. The maximum absolute atomic E-state index is 15.3. The molecule has 3 nitrogen and oxygen atoms in total. The van der Waals surface area contributed by atoms with Gasteiger partial charge in [-0.2, -0.15) is 0 Å². The topological polar surface area (TPSA) is 43.7 Å². The number of aliphatic hydroxyl groups is 1. The summed E-state index contributed by atoms with van der Waals surface area (Å²) < 4.78 is 15.3. The largest absolute Gasteiger partial charge is 0.508 e. The van der Waals surface area contributed by atoms with Crippen LogP contribution in [0, 0.1) is 11.8 Å². The maximum atomic E-state index is 15.3. The van der Waals surface area contributed by atoms with Crippen LogP contribution in [-0.4, -0.2) is 40.4 Å². The molecule has 0 amide bonds. The molecule has 2 aromatic rings. The highest BCUT2D eigenvalue weighted by Crippen LogP contribution is 2.47. The van der Waals surface area contributed by atoms with Crippen LogP contribution >= 0.6 is 0 Å². The number of hydrogen-bond donors (Lipinski definition) is 2. The smallest absolute Gasteiger partial charge is 0.115 e. The van der Waals surface area contributed by atoms with E-state index in [1.165, 1.54) is 0 Å². The predicted octanol–water partition coefficient (Wildman–Crippen LogP) is 3.72. The summed E-state index contributed by atoms with van der Waals surface area (Å²) in [6.45, 7) is 2.29. The van der Waals surface area contributed by atoms with E-state index in [1.807, 2.05) is 30.3 Å². The Bertz CT molecular complexity index is 720. The summed E-state index contributed by atoms with van der Waals surface area (Å²) in [6, 6.07) is 16.6. The number of fused-ring (bicyclic) bond motifs is 1.